The van der Waals surface area contributed by atoms with Gasteiger partial charge in [0.05, 0.1) is 25.5 Å². The van der Waals surface area contributed by atoms with Gasteiger partial charge < -0.3 is 24.4 Å². The van der Waals surface area contributed by atoms with Crippen molar-refractivity contribution in [2.24, 2.45) is 10.9 Å². The molecule has 8 heteroatoms. The Balaban J connectivity index is 1.47. The lowest BCUT2D eigenvalue weighted by atomic mass is 9.95. The molecule has 0 spiro atoms. The van der Waals surface area contributed by atoms with E-state index in [2.05, 4.69) is 34.2 Å². The summed E-state index contributed by atoms with van der Waals surface area (Å²) in [5.74, 6) is 2.52. The van der Waals surface area contributed by atoms with Gasteiger partial charge in [0, 0.05) is 51.1 Å². The van der Waals surface area contributed by atoms with Crippen molar-refractivity contribution in [3.05, 3.63) is 17.5 Å². The van der Waals surface area contributed by atoms with Gasteiger partial charge in [0.25, 0.3) is 0 Å². The van der Waals surface area contributed by atoms with Gasteiger partial charge in [-0.25, -0.2) is 0 Å². The molecule has 1 amide bonds. The standard InChI is InChI=1S/C21H35N5O3/c1-4-16(5-2)19-14-18(29-24-19)15-23-21(22-3)26-8-6-17(7-9-26)20(27)25-10-12-28-13-11-25/h14,16-17H,4-13,15H2,1-3H3,(H,22,23). The van der Waals surface area contributed by atoms with Crippen molar-refractivity contribution in [1.82, 2.24) is 20.3 Å². The summed E-state index contributed by atoms with van der Waals surface area (Å²) >= 11 is 0. The van der Waals surface area contributed by atoms with Gasteiger partial charge in [0.15, 0.2) is 11.7 Å². The second-order valence-corrected chi connectivity index (χ2v) is 7.83. The molecular weight excluding hydrogens is 370 g/mol. The number of guanidine groups is 1. The minimum Gasteiger partial charge on any atom is -0.378 e. The lowest BCUT2D eigenvalue weighted by Gasteiger charge is -2.36. The van der Waals surface area contributed by atoms with Crippen LogP contribution in [0.25, 0.3) is 0 Å². The number of nitrogens with one attached hydrogen (secondary N) is 1. The molecule has 1 aromatic rings. The number of piperidine rings is 1. The molecule has 3 heterocycles. The fraction of sp³-hybridized carbons (Fsp3) is 0.762. The number of hydrogen-bond acceptors (Lipinski definition) is 5. The SMILES string of the molecule is CCC(CC)c1cc(CNC(=NC)N2CCC(C(=O)N3CCOCC3)CC2)on1. The largest absolute Gasteiger partial charge is 0.378 e. The maximum absolute atomic E-state index is 12.7. The first-order valence-electron chi connectivity index (χ1n) is 10.9. The average Bonchev–Trinajstić information content (AvgIpc) is 3.24. The number of nitrogens with zero attached hydrogens (tertiary/aromatic N) is 4. The Bertz CT molecular complexity index is 672. The number of aliphatic imine (C=N–C) groups is 1. The van der Waals surface area contributed by atoms with Crippen molar-refractivity contribution >= 4 is 11.9 Å². The maximum Gasteiger partial charge on any atom is 0.225 e. The van der Waals surface area contributed by atoms with E-state index in [1.54, 1.807) is 7.05 Å². The first-order chi connectivity index (χ1) is 14.2. The van der Waals surface area contributed by atoms with Gasteiger partial charge >= 0.3 is 0 Å². The zero-order chi connectivity index (χ0) is 20.6. The van der Waals surface area contributed by atoms with E-state index in [1.165, 1.54) is 0 Å². The molecule has 29 heavy (non-hydrogen) atoms. The van der Waals surface area contributed by atoms with E-state index < -0.39 is 0 Å². The maximum atomic E-state index is 12.7. The van der Waals surface area contributed by atoms with Crippen LogP contribution in [-0.2, 0) is 16.1 Å². The molecule has 2 fully saturated rings. The van der Waals surface area contributed by atoms with Crippen LogP contribution in [0.3, 0.4) is 0 Å². The predicted molar refractivity (Wildman–Crippen MR) is 112 cm³/mol. The van der Waals surface area contributed by atoms with Crippen LogP contribution in [0.4, 0.5) is 0 Å². The Morgan fingerprint density at radius 2 is 1.90 bits per heavy atom. The monoisotopic (exact) mass is 405 g/mol. The van der Waals surface area contributed by atoms with Crippen LogP contribution in [0, 0.1) is 5.92 Å². The summed E-state index contributed by atoms with van der Waals surface area (Å²) in [5, 5.41) is 7.61. The predicted octanol–water partition coefficient (Wildman–Crippen LogP) is 2.22. The Morgan fingerprint density at radius 3 is 2.52 bits per heavy atom. The molecule has 0 unspecified atom stereocenters. The quantitative estimate of drug-likeness (QED) is 0.577. The Hall–Kier alpha value is -2.09. The first kappa shape index (κ1) is 21.6. The third-order valence-electron chi connectivity index (χ3n) is 6.08. The molecule has 8 nitrogen and oxygen atoms in total. The molecule has 1 N–H and O–H groups in total. The highest BCUT2D eigenvalue weighted by atomic mass is 16.5. The molecule has 3 rings (SSSR count). The van der Waals surface area contributed by atoms with Crippen LogP contribution in [0.5, 0.6) is 0 Å². The molecule has 0 radical (unpaired) electrons. The van der Waals surface area contributed by atoms with Crippen LogP contribution in [0.1, 0.15) is 56.9 Å². The number of aromatic nitrogens is 1. The van der Waals surface area contributed by atoms with Gasteiger partial charge in [-0.05, 0) is 25.7 Å². The molecule has 2 saturated heterocycles. The van der Waals surface area contributed by atoms with Crippen molar-refractivity contribution in [3.8, 4) is 0 Å². The average molecular weight is 406 g/mol. The van der Waals surface area contributed by atoms with Gasteiger partial charge in [-0.15, -0.1) is 0 Å². The van der Waals surface area contributed by atoms with Crippen LogP contribution in [0.15, 0.2) is 15.6 Å². The number of amides is 1. The van der Waals surface area contributed by atoms with E-state index in [0.717, 1.165) is 69.3 Å². The fourth-order valence-corrected chi connectivity index (χ4v) is 4.19. The molecule has 2 aliphatic rings. The molecule has 1 aromatic heterocycles. The van der Waals surface area contributed by atoms with Crippen molar-refractivity contribution in [2.75, 3.05) is 46.4 Å². The summed E-state index contributed by atoms with van der Waals surface area (Å²) in [5.41, 5.74) is 1.03. The summed E-state index contributed by atoms with van der Waals surface area (Å²) < 4.78 is 10.9. The van der Waals surface area contributed by atoms with E-state index in [1.807, 2.05) is 11.0 Å². The summed E-state index contributed by atoms with van der Waals surface area (Å²) in [6.07, 6.45) is 3.85. The second-order valence-electron chi connectivity index (χ2n) is 7.83. The van der Waals surface area contributed by atoms with Crippen molar-refractivity contribution in [1.29, 1.82) is 0 Å². The Kier molecular flexibility index (Phi) is 7.91. The molecule has 0 aromatic carbocycles. The topological polar surface area (TPSA) is 83.2 Å². The van der Waals surface area contributed by atoms with Gasteiger partial charge in [-0.1, -0.05) is 19.0 Å². The highest BCUT2D eigenvalue weighted by Crippen LogP contribution is 2.23. The van der Waals surface area contributed by atoms with E-state index in [0.29, 0.717) is 25.7 Å². The zero-order valence-electron chi connectivity index (χ0n) is 18.0. The smallest absolute Gasteiger partial charge is 0.225 e. The lowest BCUT2D eigenvalue weighted by molar-refractivity contribution is -0.140. The molecule has 162 valence electrons. The zero-order valence-corrected chi connectivity index (χ0v) is 18.0. The van der Waals surface area contributed by atoms with Gasteiger partial charge in [-0.3, -0.25) is 9.79 Å². The molecule has 0 aliphatic carbocycles. The van der Waals surface area contributed by atoms with Crippen LogP contribution in [-0.4, -0.2) is 73.3 Å². The van der Waals surface area contributed by atoms with Crippen molar-refractivity contribution in [2.45, 2.75) is 52.0 Å². The summed E-state index contributed by atoms with van der Waals surface area (Å²) in [7, 11) is 1.79. The number of ether oxygens (including phenoxy) is 1. The van der Waals surface area contributed by atoms with Gasteiger partial charge in [-0.2, -0.15) is 0 Å². The van der Waals surface area contributed by atoms with Crippen LogP contribution < -0.4 is 5.32 Å². The minimum absolute atomic E-state index is 0.110. The van der Waals surface area contributed by atoms with Crippen molar-refractivity contribution in [3.63, 3.8) is 0 Å². The van der Waals surface area contributed by atoms with Gasteiger partial charge in [0.1, 0.15) is 0 Å². The number of likely N-dealkylation sites (tertiary alicyclic amines) is 1. The van der Waals surface area contributed by atoms with Crippen LogP contribution in [0.2, 0.25) is 0 Å². The number of morpholine rings is 1. The number of hydrogen-bond donors (Lipinski definition) is 1. The third-order valence-corrected chi connectivity index (χ3v) is 6.08. The molecule has 0 atom stereocenters. The highest BCUT2D eigenvalue weighted by Gasteiger charge is 2.30. The number of carbonyl (C=O) groups is 1. The van der Waals surface area contributed by atoms with E-state index in [9.17, 15) is 4.79 Å². The molecular formula is C21H35N5O3. The molecule has 0 saturated carbocycles. The second kappa shape index (κ2) is 10.6. The van der Waals surface area contributed by atoms with E-state index >= 15 is 0 Å². The van der Waals surface area contributed by atoms with Gasteiger partial charge in [0.2, 0.25) is 5.91 Å². The van der Waals surface area contributed by atoms with Crippen molar-refractivity contribution < 1.29 is 14.1 Å². The third kappa shape index (κ3) is 5.50. The Morgan fingerprint density at radius 1 is 1.21 bits per heavy atom. The lowest BCUT2D eigenvalue weighted by Crippen LogP contribution is -2.49. The minimum atomic E-state index is 0.110. The Labute approximate surface area is 173 Å². The summed E-state index contributed by atoms with van der Waals surface area (Å²) in [6, 6.07) is 2.05. The van der Waals surface area contributed by atoms with E-state index in [-0.39, 0.29) is 11.8 Å². The normalized spacial score (nSPS) is 19.1. The molecule has 0 bridgehead atoms. The summed E-state index contributed by atoms with van der Waals surface area (Å²) in [6.45, 7) is 9.32. The number of carbonyl (C=O) groups excluding carboxylic acids is 1. The summed E-state index contributed by atoms with van der Waals surface area (Å²) in [4.78, 5) is 21.3. The fourth-order valence-electron chi connectivity index (χ4n) is 4.19. The highest BCUT2D eigenvalue weighted by molar-refractivity contribution is 5.81. The van der Waals surface area contributed by atoms with Crippen LogP contribution >= 0.6 is 0 Å². The van der Waals surface area contributed by atoms with E-state index in [4.69, 9.17) is 9.26 Å². The number of rotatable bonds is 6. The molecule has 2 aliphatic heterocycles. The first-order valence-corrected chi connectivity index (χ1v) is 10.9.